The lowest BCUT2D eigenvalue weighted by atomic mass is 10.3. The normalized spacial score (nSPS) is 10.6. The summed E-state index contributed by atoms with van der Waals surface area (Å²) in [5, 5.41) is 9.37. The number of nitrogens with zero attached hydrogens (tertiary/aromatic N) is 2. The average Bonchev–Trinajstić information content (AvgIpc) is 2.68. The van der Waals surface area contributed by atoms with Crippen molar-refractivity contribution in [2.75, 3.05) is 17.4 Å². The van der Waals surface area contributed by atoms with E-state index in [0.717, 1.165) is 10.2 Å². The van der Waals surface area contributed by atoms with Gasteiger partial charge in [-0.1, -0.05) is 23.5 Å². The van der Waals surface area contributed by atoms with Crippen LogP contribution in [0.3, 0.4) is 0 Å². The number of carbonyl (C=O) groups is 1. The lowest BCUT2D eigenvalue weighted by Crippen LogP contribution is -2.28. The molecule has 0 bridgehead atoms. The molecule has 0 aliphatic heterocycles. The number of carboxylic acids is 1. The second-order valence-corrected chi connectivity index (χ2v) is 4.42. The Morgan fingerprint density at radius 3 is 2.88 bits per heavy atom. The first kappa shape index (κ1) is 11.2. The standard InChI is InChI=1S/C10H9ClN2O2S/c11-6-13(5-9(14)15)10-12-7-3-1-2-4-8(7)16-10/h1-4H,5-6H2,(H,14,15). The maximum absolute atomic E-state index is 10.6. The van der Waals surface area contributed by atoms with Crippen LogP contribution in [-0.4, -0.2) is 28.6 Å². The number of benzene rings is 1. The van der Waals surface area contributed by atoms with Gasteiger partial charge in [0.05, 0.1) is 16.2 Å². The van der Waals surface area contributed by atoms with Crippen LogP contribution in [0.5, 0.6) is 0 Å². The van der Waals surface area contributed by atoms with Gasteiger partial charge < -0.3 is 10.0 Å². The fourth-order valence-electron chi connectivity index (χ4n) is 1.32. The van der Waals surface area contributed by atoms with E-state index in [1.165, 1.54) is 16.2 Å². The van der Waals surface area contributed by atoms with E-state index in [1.54, 1.807) is 0 Å². The van der Waals surface area contributed by atoms with Gasteiger partial charge in [0, 0.05) is 0 Å². The quantitative estimate of drug-likeness (QED) is 0.674. The van der Waals surface area contributed by atoms with Crippen LogP contribution in [-0.2, 0) is 4.79 Å². The van der Waals surface area contributed by atoms with Crippen molar-refractivity contribution in [3.8, 4) is 0 Å². The fourth-order valence-corrected chi connectivity index (χ4v) is 2.55. The first-order valence-electron chi connectivity index (χ1n) is 4.59. The fraction of sp³-hybridized carbons (Fsp3) is 0.200. The summed E-state index contributed by atoms with van der Waals surface area (Å²) < 4.78 is 1.03. The zero-order valence-electron chi connectivity index (χ0n) is 8.26. The van der Waals surface area contributed by atoms with Crippen LogP contribution in [0.4, 0.5) is 5.13 Å². The second kappa shape index (κ2) is 4.67. The number of fused-ring (bicyclic) bond motifs is 1. The molecule has 0 atom stereocenters. The molecule has 1 aromatic carbocycles. The van der Waals surface area contributed by atoms with Gasteiger partial charge in [-0.25, -0.2) is 4.98 Å². The molecule has 1 heterocycles. The number of thiazole rings is 1. The third-order valence-corrected chi connectivity index (χ3v) is 3.41. The zero-order valence-corrected chi connectivity index (χ0v) is 9.83. The van der Waals surface area contributed by atoms with E-state index in [9.17, 15) is 4.79 Å². The van der Waals surface area contributed by atoms with Crippen LogP contribution in [0.25, 0.3) is 10.2 Å². The maximum atomic E-state index is 10.6. The Hall–Kier alpha value is -1.33. The van der Waals surface area contributed by atoms with E-state index in [2.05, 4.69) is 4.98 Å². The minimum atomic E-state index is -0.917. The maximum Gasteiger partial charge on any atom is 0.323 e. The predicted molar refractivity (Wildman–Crippen MR) is 65.3 cm³/mol. The Bertz CT molecular complexity index is 481. The number of halogens is 1. The van der Waals surface area contributed by atoms with Crippen LogP contribution in [0, 0.1) is 0 Å². The molecule has 2 aromatic rings. The van der Waals surface area contributed by atoms with E-state index in [4.69, 9.17) is 16.7 Å². The van der Waals surface area contributed by atoms with Crippen LogP contribution < -0.4 is 4.90 Å². The Morgan fingerprint density at radius 1 is 1.50 bits per heavy atom. The van der Waals surface area contributed by atoms with Crippen molar-refractivity contribution in [3.63, 3.8) is 0 Å². The van der Waals surface area contributed by atoms with Gasteiger partial charge in [0.15, 0.2) is 5.13 Å². The molecule has 0 radical (unpaired) electrons. The van der Waals surface area contributed by atoms with Crippen LogP contribution in [0.2, 0.25) is 0 Å². The van der Waals surface area contributed by atoms with E-state index in [-0.39, 0.29) is 12.5 Å². The lowest BCUT2D eigenvalue weighted by Gasteiger charge is -2.14. The number of hydrogen-bond acceptors (Lipinski definition) is 4. The summed E-state index contributed by atoms with van der Waals surface area (Å²) in [5.41, 5.74) is 0.864. The van der Waals surface area contributed by atoms with Gasteiger partial charge in [0.1, 0.15) is 6.54 Å². The molecule has 0 fully saturated rings. The molecule has 0 saturated carbocycles. The molecule has 0 saturated heterocycles. The van der Waals surface area contributed by atoms with E-state index in [1.807, 2.05) is 24.3 Å². The van der Waals surface area contributed by atoms with Crippen molar-refractivity contribution >= 4 is 44.3 Å². The monoisotopic (exact) mass is 256 g/mol. The van der Waals surface area contributed by atoms with Crippen molar-refractivity contribution in [1.82, 2.24) is 4.98 Å². The highest BCUT2D eigenvalue weighted by Gasteiger charge is 2.13. The molecule has 16 heavy (non-hydrogen) atoms. The molecular formula is C10H9ClN2O2S. The highest BCUT2D eigenvalue weighted by Crippen LogP contribution is 2.28. The molecule has 0 aliphatic carbocycles. The molecule has 0 aliphatic rings. The van der Waals surface area contributed by atoms with Gasteiger partial charge >= 0.3 is 5.97 Å². The average molecular weight is 257 g/mol. The van der Waals surface area contributed by atoms with Crippen LogP contribution in [0.1, 0.15) is 0 Å². The number of aliphatic carboxylic acids is 1. The van der Waals surface area contributed by atoms with E-state index < -0.39 is 5.97 Å². The number of carboxylic acid groups (broad SMARTS) is 1. The molecule has 0 spiro atoms. The number of aromatic nitrogens is 1. The number of rotatable bonds is 4. The third-order valence-electron chi connectivity index (χ3n) is 2.02. The number of anilines is 1. The van der Waals surface area contributed by atoms with Gasteiger partial charge in [-0.05, 0) is 12.1 Å². The Morgan fingerprint density at radius 2 is 2.25 bits per heavy atom. The van der Waals surface area contributed by atoms with Crippen molar-refractivity contribution in [1.29, 1.82) is 0 Å². The molecule has 4 nitrogen and oxygen atoms in total. The molecule has 1 aromatic heterocycles. The van der Waals surface area contributed by atoms with Gasteiger partial charge in [-0.3, -0.25) is 4.79 Å². The second-order valence-electron chi connectivity index (χ2n) is 3.18. The molecule has 6 heteroatoms. The molecule has 1 N–H and O–H groups in total. The van der Waals surface area contributed by atoms with Crippen LogP contribution in [0.15, 0.2) is 24.3 Å². The van der Waals surface area contributed by atoms with Crippen molar-refractivity contribution in [3.05, 3.63) is 24.3 Å². The van der Waals surface area contributed by atoms with Crippen LogP contribution >= 0.6 is 22.9 Å². The lowest BCUT2D eigenvalue weighted by molar-refractivity contribution is -0.135. The summed E-state index contributed by atoms with van der Waals surface area (Å²) in [6.07, 6.45) is 0. The van der Waals surface area contributed by atoms with Gasteiger partial charge in [-0.2, -0.15) is 0 Å². The Balaban J connectivity index is 2.34. The summed E-state index contributed by atoms with van der Waals surface area (Å²) in [5.74, 6) is -0.917. The smallest absolute Gasteiger partial charge is 0.323 e. The molecule has 0 amide bonds. The first-order valence-corrected chi connectivity index (χ1v) is 5.94. The summed E-state index contributed by atoms with van der Waals surface area (Å²) in [4.78, 5) is 16.5. The number of para-hydroxylation sites is 1. The van der Waals surface area contributed by atoms with E-state index >= 15 is 0 Å². The number of alkyl halides is 1. The molecule has 0 unspecified atom stereocenters. The zero-order chi connectivity index (χ0) is 11.5. The molecular weight excluding hydrogens is 248 g/mol. The summed E-state index contributed by atoms with van der Waals surface area (Å²) in [7, 11) is 0. The van der Waals surface area contributed by atoms with Gasteiger partial charge in [0.2, 0.25) is 0 Å². The third kappa shape index (κ3) is 2.25. The highest BCUT2D eigenvalue weighted by atomic mass is 35.5. The minimum absolute atomic E-state index is 0.117. The Labute approximate surface area is 101 Å². The minimum Gasteiger partial charge on any atom is -0.480 e. The molecule has 84 valence electrons. The topological polar surface area (TPSA) is 53.4 Å². The first-order chi connectivity index (χ1) is 7.70. The SMILES string of the molecule is O=C(O)CN(CCl)c1nc2ccccc2s1. The predicted octanol–water partition coefficient (Wildman–Crippen LogP) is 2.38. The Kier molecular flexibility index (Phi) is 3.26. The molecule has 2 rings (SSSR count). The number of hydrogen-bond donors (Lipinski definition) is 1. The highest BCUT2D eigenvalue weighted by molar-refractivity contribution is 7.22. The van der Waals surface area contributed by atoms with Gasteiger partial charge in [0.25, 0.3) is 0 Å². The summed E-state index contributed by atoms with van der Waals surface area (Å²) in [6.45, 7) is -0.136. The summed E-state index contributed by atoms with van der Waals surface area (Å²) in [6, 6.07) is 7.78. The summed E-state index contributed by atoms with van der Waals surface area (Å²) >= 11 is 7.14. The van der Waals surface area contributed by atoms with E-state index in [0.29, 0.717) is 5.13 Å². The van der Waals surface area contributed by atoms with Crippen molar-refractivity contribution in [2.45, 2.75) is 0 Å². The van der Waals surface area contributed by atoms with Crippen molar-refractivity contribution < 1.29 is 9.90 Å². The largest absolute Gasteiger partial charge is 0.480 e. The van der Waals surface area contributed by atoms with Crippen molar-refractivity contribution in [2.24, 2.45) is 0 Å². The van der Waals surface area contributed by atoms with Gasteiger partial charge in [-0.15, -0.1) is 11.6 Å².